The van der Waals surface area contributed by atoms with Crippen LogP contribution in [-0.2, 0) is 6.42 Å². The van der Waals surface area contributed by atoms with E-state index in [0.29, 0.717) is 12.3 Å². The Labute approximate surface area is 110 Å². The van der Waals surface area contributed by atoms with Crippen molar-refractivity contribution in [1.29, 1.82) is 0 Å². The van der Waals surface area contributed by atoms with E-state index in [9.17, 15) is 5.11 Å². The van der Waals surface area contributed by atoms with Gasteiger partial charge in [0.15, 0.2) is 0 Å². The monoisotopic (exact) mass is 247 g/mol. The van der Waals surface area contributed by atoms with E-state index in [-0.39, 0.29) is 6.10 Å². The number of aliphatic hydroxyl groups excluding tert-OH is 1. The first-order valence-corrected chi connectivity index (χ1v) is 7.24. The predicted molar refractivity (Wildman–Crippen MR) is 74.2 cm³/mol. The summed E-state index contributed by atoms with van der Waals surface area (Å²) in [6.07, 6.45) is 7.21. The first-order valence-electron chi connectivity index (χ1n) is 7.24. The second kappa shape index (κ2) is 6.33. The lowest BCUT2D eigenvalue weighted by Crippen LogP contribution is -2.29. The number of aromatic nitrogens is 1. The van der Waals surface area contributed by atoms with Gasteiger partial charge in [-0.3, -0.25) is 4.98 Å². The summed E-state index contributed by atoms with van der Waals surface area (Å²) in [6, 6.07) is 5.91. The quantitative estimate of drug-likeness (QED) is 0.884. The number of rotatable bonds is 4. The van der Waals surface area contributed by atoms with E-state index in [0.717, 1.165) is 17.5 Å². The standard InChI is InChI=1S/C16H25NO/c1-12(2)13-6-8-14(9-7-13)16(18)11-15-5-3-4-10-17-15/h3-5,10,12-14,16,18H,6-9,11H2,1-2H3. The molecule has 1 fully saturated rings. The molecule has 100 valence electrons. The average Bonchev–Trinajstić information content (AvgIpc) is 2.40. The molecule has 1 aliphatic rings. The van der Waals surface area contributed by atoms with Crippen LogP contribution in [0.15, 0.2) is 24.4 Å². The molecule has 1 heterocycles. The molecule has 0 amide bonds. The molecule has 1 unspecified atom stereocenters. The molecular weight excluding hydrogens is 222 g/mol. The van der Waals surface area contributed by atoms with Gasteiger partial charge in [-0.25, -0.2) is 0 Å². The summed E-state index contributed by atoms with van der Waals surface area (Å²) in [6.45, 7) is 4.63. The van der Waals surface area contributed by atoms with Crippen LogP contribution < -0.4 is 0 Å². The Morgan fingerprint density at radius 2 is 1.83 bits per heavy atom. The highest BCUT2D eigenvalue weighted by molar-refractivity contribution is 5.05. The molecule has 0 saturated heterocycles. The van der Waals surface area contributed by atoms with Crippen molar-refractivity contribution in [3.63, 3.8) is 0 Å². The van der Waals surface area contributed by atoms with Gasteiger partial charge in [-0.1, -0.05) is 19.9 Å². The maximum atomic E-state index is 10.3. The van der Waals surface area contributed by atoms with Crippen molar-refractivity contribution in [2.45, 2.75) is 52.1 Å². The van der Waals surface area contributed by atoms with Gasteiger partial charge in [-0.05, 0) is 55.6 Å². The van der Waals surface area contributed by atoms with Crippen molar-refractivity contribution in [3.8, 4) is 0 Å². The van der Waals surface area contributed by atoms with Crippen LogP contribution in [0.4, 0.5) is 0 Å². The van der Waals surface area contributed by atoms with Gasteiger partial charge in [0.2, 0.25) is 0 Å². The number of aliphatic hydroxyl groups is 1. The van der Waals surface area contributed by atoms with E-state index in [4.69, 9.17) is 0 Å². The normalized spacial score (nSPS) is 26.2. The van der Waals surface area contributed by atoms with Gasteiger partial charge in [0.25, 0.3) is 0 Å². The first kappa shape index (κ1) is 13.5. The summed E-state index contributed by atoms with van der Waals surface area (Å²) >= 11 is 0. The minimum absolute atomic E-state index is 0.215. The van der Waals surface area contributed by atoms with Crippen molar-refractivity contribution in [1.82, 2.24) is 4.98 Å². The van der Waals surface area contributed by atoms with Crippen molar-refractivity contribution in [2.24, 2.45) is 17.8 Å². The van der Waals surface area contributed by atoms with Gasteiger partial charge in [0.05, 0.1) is 6.10 Å². The molecule has 2 heteroatoms. The molecule has 0 spiro atoms. The van der Waals surface area contributed by atoms with Crippen LogP contribution in [0.3, 0.4) is 0 Å². The number of hydrogen-bond acceptors (Lipinski definition) is 2. The Morgan fingerprint density at radius 3 is 2.39 bits per heavy atom. The maximum Gasteiger partial charge on any atom is 0.0623 e. The topological polar surface area (TPSA) is 33.1 Å². The van der Waals surface area contributed by atoms with Crippen LogP contribution in [0.2, 0.25) is 0 Å². The fourth-order valence-electron chi connectivity index (χ4n) is 3.10. The molecular formula is C16H25NO. The predicted octanol–water partition coefficient (Wildman–Crippen LogP) is 3.45. The van der Waals surface area contributed by atoms with Crippen LogP contribution in [0.5, 0.6) is 0 Å². The fourth-order valence-corrected chi connectivity index (χ4v) is 3.10. The number of nitrogens with zero attached hydrogens (tertiary/aromatic N) is 1. The van der Waals surface area contributed by atoms with Crippen molar-refractivity contribution >= 4 is 0 Å². The molecule has 1 aromatic rings. The zero-order chi connectivity index (χ0) is 13.0. The number of hydrogen-bond donors (Lipinski definition) is 1. The second-order valence-electron chi connectivity index (χ2n) is 6.01. The summed E-state index contributed by atoms with van der Waals surface area (Å²) < 4.78 is 0. The molecule has 2 nitrogen and oxygen atoms in total. The molecule has 1 aromatic heterocycles. The minimum Gasteiger partial charge on any atom is -0.392 e. The summed E-state index contributed by atoms with van der Waals surface area (Å²) in [5.74, 6) is 2.13. The Balaban J connectivity index is 1.82. The van der Waals surface area contributed by atoms with Gasteiger partial charge < -0.3 is 5.11 Å². The molecule has 0 aliphatic heterocycles. The van der Waals surface area contributed by atoms with E-state index in [1.165, 1.54) is 25.7 Å². The van der Waals surface area contributed by atoms with Crippen LogP contribution in [-0.4, -0.2) is 16.2 Å². The van der Waals surface area contributed by atoms with Gasteiger partial charge in [-0.2, -0.15) is 0 Å². The van der Waals surface area contributed by atoms with Crippen LogP contribution >= 0.6 is 0 Å². The van der Waals surface area contributed by atoms with E-state index in [1.54, 1.807) is 6.20 Å². The maximum absolute atomic E-state index is 10.3. The third-order valence-corrected chi connectivity index (χ3v) is 4.45. The molecule has 1 N–H and O–H groups in total. The zero-order valence-electron chi connectivity index (χ0n) is 11.5. The lowest BCUT2D eigenvalue weighted by atomic mass is 9.74. The molecule has 2 rings (SSSR count). The molecule has 18 heavy (non-hydrogen) atoms. The van der Waals surface area contributed by atoms with Gasteiger partial charge in [0, 0.05) is 18.3 Å². The molecule has 1 atom stereocenters. The highest BCUT2D eigenvalue weighted by Crippen LogP contribution is 2.35. The van der Waals surface area contributed by atoms with Crippen LogP contribution in [0, 0.1) is 17.8 Å². The SMILES string of the molecule is CC(C)C1CCC(C(O)Cc2ccccn2)CC1. The van der Waals surface area contributed by atoms with E-state index in [1.807, 2.05) is 18.2 Å². The van der Waals surface area contributed by atoms with Crippen molar-refractivity contribution < 1.29 is 5.11 Å². The lowest BCUT2D eigenvalue weighted by molar-refractivity contribution is 0.0668. The second-order valence-corrected chi connectivity index (χ2v) is 6.01. The summed E-state index contributed by atoms with van der Waals surface area (Å²) in [4.78, 5) is 4.30. The molecule has 0 bridgehead atoms. The summed E-state index contributed by atoms with van der Waals surface area (Å²) in [5, 5.41) is 10.3. The third-order valence-electron chi connectivity index (χ3n) is 4.45. The zero-order valence-corrected chi connectivity index (χ0v) is 11.5. The summed E-state index contributed by atoms with van der Waals surface area (Å²) in [7, 11) is 0. The van der Waals surface area contributed by atoms with E-state index in [2.05, 4.69) is 18.8 Å². The van der Waals surface area contributed by atoms with Gasteiger partial charge >= 0.3 is 0 Å². The Hall–Kier alpha value is -0.890. The first-order chi connectivity index (χ1) is 8.66. The lowest BCUT2D eigenvalue weighted by Gasteiger charge is -2.33. The Morgan fingerprint density at radius 1 is 1.17 bits per heavy atom. The van der Waals surface area contributed by atoms with Crippen LogP contribution in [0.1, 0.15) is 45.2 Å². The molecule has 1 saturated carbocycles. The molecule has 0 aromatic carbocycles. The minimum atomic E-state index is -0.215. The average molecular weight is 247 g/mol. The van der Waals surface area contributed by atoms with Crippen molar-refractivity contribution in [2.75, 3.05) is 0 Å². The highest BCUT2D eigenvalue weighted by Gasteiger charge is 2.27. The highest BCUT2D eigenvalue weighted by atomic mass is 16.3. The van der Waals surface area contributed by atoms with Gasteiger partial charge in [-0.15, -0.1) is 0 Å². The third kappa shape index (κ3) is 3.55. The number of pyridine rings is 1. The van der Waals surface area contributed by atoms with Crippen LogP contribution in [0.25, 0.3) is 0 Å². The van der Waals surface area contributed by atoms with E-state index >= 15 is 0 Å². The molecule has 1 aliphatic carbocycles. The Kier molecular flexibility index (Phi) is 4.76. The van der Waals surface area contributed by atoms with Gasteiger partial charge in [0.1, 0.15) is 0 Å². The Bertz CT molecular complexity index is 341. The van der Waals surface area contributed by atoms with E-state index < -0.39 is 0 Å². The largest absolute Gasteiger partial charge is 0.392 e. The molecule has 0 radical (unpaired) electrons. The van der Waals surface area contributed by atoms with Crippen molar-refractivity contribution in [3.05, 3.63) is 30.1 Å². The summed E-state index contributed by atoms with van der Waals surface area (Å²) in [5.41, 5.74) is 1.01. The smallest absolute Gasteiger partial charge is 0.0623 e. The fraction of sp³-hybridized carbons (Fsp3) is 0.688.